The molecule has 1 aromatic heterocycles. The molecule has 1 saturated heterocycles. The molecule has 31 heavy (non-hydrogen) atoms. The van der Waals surface area contributed by atoms with Crippen LogP contribution < -0.4 is 9.80 Å². The summed E-state index contributed by atoms with van der Waals surface area (Å²) in [6, 6.07) is 29.7. The van der Waals surface area contributed by atoms with Crippen LogP contribution >= 0.6 is 0 Å². The van der Waals surface area contributed by atoms with Crippen molar-refractivity contribution in [3.63, 3.8) is 0 Å². The van der Waals surface area contributed by atoms with Crippen molar-refractivity contribution in [2.45, 2.75) is 25.9 Å². The summed E-state index contributed by atoms with van der Waals surface area (Å²) in [5.41, 5.74) is 4.74. The van der Waals surface area contributed by atoms with E-state index >= 15 is 0 Å². The fourth-order valence-corrected chi connectivity index (χ4v) is 4.31. The van der Waals surface area contributed by atoms with Gasteiger partial charge < -0.3 is 9.80 Å². The van der Waals surface area contributed by atoms with E-state index in [1.807, 2.05) is 4.68 Å². The summed E-state index contributed by atoms with van der Waals surface area (Å²) < 4.78 is 1.87. The van der Waals surface area contributed by atoms with Gasteiger partial charge in [-0.15, -0.1) is 5.10 Å². The predicted molar refractivity (Wildman–Crippen MR) is 124 cm³/mol. The Labute approximate surface area is 182 Å². The second kappa shape index (κ2) is 8.60. The maximum Gasteiger partial charge on any atom is 0.160 e. The molecule has 6 heteroatoms. The Morgan fingerprint density at radius 1 is 0.742 bits per heavy atom. The van der Waals surface area contributed by atoms with Gasteiger partial charge in [-0.3, -0.25) is 0 Å². The molecule has 3 aromatic carbocycles. The lowest BCUT2D eigenvalue weighted by Crippen LogP contribution is -2.41. The minimum atomic E-state index is 0.129. The van der Waals surface area contributed by atoms with Crippen LogP contribution in [-0.4, -0.2) is 39.5 Å². The first-order valence-electron chi connectivity index (χ1n) is 10.8. The van der Waals surface area contributed by atoms with Crippen molar-refractivity contribution < 1.29 is 0 Å². The smallest absolute Gasteiger partial charge is 0.160 e. The van der Waals surface area contributed by atoms with Crippen LogP contribution in [0.5, 0.6) is 0 Å². The van der Waals surface area contributed by atoms with Crippen molar-refractivity contribution in [1.82, 2.24) is 20.2 Å². The highest BCUT2D eigenvalue weighted by Crippen LogP contribution is 2.30. The van der Waals surface area contributed by atoms with E-state index in [-0.39, 0.29) is 6.17 Å². The summed E-state index contributed by atoms with van der Waals surface area (Å²) in [7, 11) is 0. The van der Waals surface area contributed by atoms with Crippen LogP contribution in [0.1, 0.15) is 18.3 Å². The van der Waals surface area contributed by atoms with Gasteiger partial charge in [0.25, 0.3) is 0 Å². The highest BCUT2D eigenvalue weighted by atomic mass is 15.5. The lowest BCUT2D eigenvalue weighted by atomic mass is 10.1. The third-order valence-electron chi connectivity index (χ3n) is 5.97. The number of para-hydroxylation sites is 2. The van der Waals surface area contributed by atoms with Crippen molar-refractivity contribution in [1.29, 1.82) is 0 Å². The number of tetrazole rings is 1. The maximum atomic E-state index is 4.40. The third-order valence-corrected chi connectivity index (χ3v) is 5.97. The average molecular weight is 411 g/mol. The van der Waals surface area contributed by atoms with E-state index in [0.717, 1.165) is 31.0 Å². The van der Waals surface area contributed by atoms with Gasteiger partial charge in [0, 0.05) is 30.9 Å². The lowest BCUT2D eigenvalue weighted by Gasteiger charge is -2.32. The quantitative estimate of drug-likeness (QED) is 0.479. The molecule has 0 N–H and O–H groups in total. The van der Waals surface area contributed by atoms with Crippen LogP contribution in [0.2, 0.25) is 0 Å². The first kappa shape index (κ1) is 19.3. The average Bonchev–Trinajstić information content (AvgIpc) is 3.48. The van der Waals surface area contributed by atoms with Gasteiger partial charge in [0.1, 0.15) is 6.17 Å². The number of rotatable bonds is 6. The van der Waals surface area contributed by atoms with Crippen LogP contribution in [0.25, 0.3) is 5.69 Å². The first-order valence-corrected chi connectivity index (χ1v) is 10.8. The van der Waals surface area contributed by atoms with E-state index in [9.17, 15) is 0 Å². The molecule has 1 aliphatic rings. The van der Waals surface area contributed by atoms with Gasteiger partial charge in [-0.25, -0.2) is 0 Å². The zero-order valence-electron chi connectivity index (χ0n) is 17.7. The molecule has 4 aromatic rings. The van der Waals surface area contributed by atoms with Crippen molar-refractivity contribution in [3.8, 4) is 5.69 Å². The van der Waals surface area contributed by atoms with Gasteiger partial charge in [0.15, 0.2) is 5.82 Å². The van der Waals surface area contributed by atoms with E-state index in [4.69, 9.17) is 0 Å². The van der Waals surface area contributed by atoms with Crippen LogP contribution in [0.4, 0.5) is 11.4 Å². The van der Waals surface area contributed by atoms with E-state index in [0.29, 0.717) is 6.42 Å². The summed E-state index contributed by atoms with van der Waals surface area (Å²) in [4.78, 5) is 4.90. The zero-order valence-corrected chi connectivity index (χ0v) is 17.7. The molecule has 1 fully saturated rings. The Kier molecular flexibility index (Phi) is 5.35. The molecule has 0 unspecified atom stereocenters. The minimum Gasteiger partial charge on any atom is -0.349 e. The number of aromatic nitrogens is 4. The van der Waals surface area contributed by atoms with Crippen LogP contribution in [-0.2, 0) is 12.8 Å². The Balaban J connectivity index is 1.49. The van der Waals surface area contributed by atoms with E-state index in [1.54, 1.807) is 0 Å². The summed E-state index contributed by atoms with van der Waals surface area (Å²) >= 11 is 0. The Morgan fingerprint density at radius 3 is 1.87 bits per heavy atom. The zero-order chi connectivity index (χ0) is 21.0. The van der Waals surface area contributed by atoms with Gasteiger partial charge in [-0.1, -0.05) is 55.5 Å². The van der Waals surface area contributed by atoms with Gasteiger partial charge in [-0.2, -0.15) is 4.68 Å². The molecule has 0 amide bonds. The number of nitrogens with zero attached hydrogens (tertiary/aromatic N) is 6. The molecule has 5 rings (SSSR count). The summed E-state index contributed by atoms with van der Waals surface area (Å²) in [5.74, 6) is 0.859. The number of hydrogen-bond acceptors (Lipinski definition) is 5. The third kappa shape index (κ3) is 3.89. The minimum absolute atomic E-state index is 0.129. The molecule has 0 radical (unpaired) electrons. The largest absolute Gasteiger partial charge is 0.349 e. The Bertz CT molecular complexity index is 1060. The molecule has 156 valence electrons. The number of aryl methyl sites for hydroxylation is 1. The number of anilines is 2. The van der Waals surface area contributed by atoms with E-state index in [2.05, 4.69) is 117 Å². The molecule has 0 saturated carbocycles. The first-order chi connectivity index (χ1) is 15.3. The second-order valence-electron chi connectivity index (χ2n) is 7.77. The van der Waals surface area contributed by atoms with Crippen LogP contribution in [0, 0.1) is 0 Å². The number of hydrogen-bond donors (Lipinski definition) is 0. The van der Waals surface area contributed by atoms with Gasteiger partial charge in [0.05, 0.1) is 5.69 Å². The van der Waals surface area contributed by atoms with Crippen molar-refractivity contribution in [2.24, 2.45) is 0 Å². The summed E-state index contributed by atoms with van der Waals surface area (Å²) in [6.07, 6.45) is 1.86. The molecular weight excluding hydrogens is 384 g/mol. The standard InChI is InChI=1S/C25H26N6/c1-2-20-13-15-23(16-14-20)31-24(26-27-28-31)19-25-29(21-9-5-3-6-10-21)17-18-30(25)22-11-7-4-8-12-22/h3-16,25H,2,17-19H2,1H3. The SMILES string of the molecule is CCc1ccc(-n2nnnc2CC2N(c3ccccc3)CCN2c2ccccc2)cc1. The molecule has 0 spiro atoms. The number of benzene rings is 3. The van der Waals surface area contributed by atoms with E-state index < -0.39 is 0 Å². The fraction of sp³-hybridized carbons (Fsp3) is 0.240. The van der Waals surface area contributed by atoms with Crippen molar-refractivity contribution in [2.75, 3.05) is 22.9 Å². The monoisotopic (exact) mass is 410 g/mol. The van der Waals surface area contributed by atoms with Crippen LogP contribution in [0.3, 0.4) is 0 Å². The highest BCUT2D eigenvalue weighted by molar-refractivity contribution is 5.57. The van der Waals surface area contributed by atoms with Gasteiger partial charge >= 0.3 is 0 Å². The van der Waals surface area contributed by atoms with Gasteiger partial charge in [0.2, 0.25) is 0 Å². The topological polar surface area (TPSA) is 50.1 Å². The molecular formula is C25H26N6. The molecule has 0 bridgehead atoms. The predicted octanol–water partition coefficient (Wildman–Crippen LogP) is 4.12. The Hall–Kier alpha value is -3.67. The summed E-state index contributed by atoms with van der Waals surface area (Å²) in [5, 5.41) is 12.7. The molecule has 6 nitrogen and oxygen atoms in total. The van der Waals surface area contributed by atoms with Crippen molar-refractivity contribution >= 4 is 11.4 Å². The molecule has 2 heterocycles. The lowest BCUT2D eigenvalue weighted by molar-refractivity contribution is 0.624. The maximum absolute atomic E-state index is 4.40. The fourth-order valence-electron chi connectivity index (χ4n) is 4.31. The molecule has 0 aliphatic carbocycles. The molecule has 1 aliphatic heterocycles. The highest BCUT2D eigenvalue weighted by Gasteiger charge is 2.34. The Morgan fingerprint density at radius 2 is 1.32 bits per heavy atom. The second-order valence-corrected chi connectivity index (χ2v) is 7.77. The van der Waals surface area contributed by atoms with Crippen molar-refractivity contribution in [3.05, 3.63) is 96.3 Å². The van der Waals surface area contributed by atoms with Gasteiger partial charge in [-0.05, 0) is 58.8 Å². The summed E-state index contributed by atoms with van der Waals surface area (Å²) in [6.45, 7) is 4.07. The molecule has 0 atom stereocenters. The van der Waals surface area contributed by atoms with E-state index in [1.165, 1.54) is 16.9 Å². The normalized spacial score (nSPS) is 14.4. The van der Waals surface area contributed by atoms with Crippen LogP contribution in [0.15, 0.2) is 84.9 Å².